The number of hydrogen-bond acceptors (Lipinski definition) is 4. The number of fused-ring (bicyclic) bond motifs is 2. The summed E-state index contributed by atoms with van der Waals surface area (Å²) in [6.45, 7) is 0. The minimum atomic E-state index is -0.587. The molecule has 0 spiro atoms. The third-order valence-electron chi connectivity index (χ3n) is 4.45. The Morgan fingerprint density at radius 3 is 2.71 bits per heavy atom. The summed E-state index contributed by atoms with van der Waals surface area (Å²) in [6.07, 6.45) is 0.462. The molecular formula is C20H14N2O2. The molecule has 0 bridgehead atoms. The second-order valence-electron chi connectivity index (χ2n) is 5.85. The van der Waals surface area contributed by atoms with Gasteiger partial charge in [-0.15, -0.1) is 0 Å². The minimum absolute atomic E-state index is 0.111. The predicted octanol–water partition coefficient (Wildman–Crippen LogP) is 3.79. The van der Waals surface area contributed by atoms with E-state index in [1.54, 1.807) is 13.2 Å². The van der Waals surface area contributed by atoms with Crippen molar-refractivity contribution in [1.29, 1.82) is 5.26 Å². The fourth-order valence-electron chi connectivity index (χ4n) is 3.22. The van der Waals surface area contributed by atoms with Gasteiger partial charge < -0.3 is 4.74 Å². The summed E-state index contributed by atoms with van der Waals surface area (Å²) in [4.78, 5) is 17.0. The van der Waals surface area contributed by atoms with E-state index >= 15 is 0 Å². The van der Waals surface area contributed by atoms with Crippen LogP contribution < -0.4 is 4.74 Å². The Hall–Kier alpha value is -3.19. The summed E-state index contributed by atoms with van der Waals surface area (Å²) >= 11 is 0. The van der Waals surface area contributed by atoms with Gasteiger partial charge in [0.05, 0.1) is 24.4 Å². The molecule has 1 aliphatic carbocycles. The highest BCUT2D eigenvalue weighted by atomic mass is 16.5. The van der Waals surface area contributed by atoms with Gasteiger partial charge in [-0.2, -0.15) is 5.26 Å². The number of nitriles is 1. The lowest BCUT2D eigenvalue weighted by Gasteiger charge is -2.10. The Morgan fingerprint density at radius 1 is 1.21 bits per heavy atom. The van der Waals surface area contributed by atoms with E-state index in [9.17, 15) is 4.79 Å². The molecule has 4 heteroatoms. The van der Waals surface area contributed by atoms with Crippen molar-refractivity contribution in [3.05, 3.63) is 59.7 Å². The van der Waals surface area contributed by atoms with E-state index < -0.39 is 5.92 Å². The number of carbonyl (C=O) groups excluding carboxylic acids is 1. The zero-order chi connectivity index (χ0) is 16.7. The van der Waals surface area contributed by atoms with Crippen LogP contribution >= 0.6 is 0 Å². The number of benzene rings is 2. The van der Waals surface area contributed by atoms with Crippen LogP contribution in [0.2, 0.25) is 0 Å². The molecule has 0 radical (unpaired) electrons. The first-order valence-electron chi connectivity index (χ1n) is 7.72. The fraction of sp³-hybridized carbons (Fsp3) is 0.150. The van der Waals surface area contributed by atoms with Crippen LogP contribution in [0.25, 0.3) is 22.2 Å². The smallest absolute Gasteiger partial charge is 0.180 e. The summed E-state index contributed by atoms with van der Waals surface area (Å²) in [5, 5.41) is 9.99. The average molecular weight is 314 g/mol. The molecule has 0 aliphatic heterocycles. The maximum atomic E-state index is 12.3. The molecule has 116 valence electrons. The Labute approximate surface area is 139 Å². The Balaban J connectivity index is 1.95. The lowest BCUT2D eigenvalue weighted by molar-refractivity contribution is 0.0963. The molecule has 24 heavy (non-hydrogen) atoms. The molecule has 1 heterocycles. The van der Waals surface area contributed by atoms with Gasteiger partial charge in [0.1, 0.15) is 11.7 Å². The molecule has 3 aromatic rings. The second kappa shape index (κ2) is 5.47. The molecule has 0 N–H and O–H groups in total. The van der Waals surface area contributed by atoms with Crippen molar-refractivity contribution in [1.82, 2.24) is 4.98 Å². The summed E-state index contributed by atoms with van der Waals surface area (Å²) in [7, 11) is 1.63. The van der Waals surface area contributed by atoms with Crippen LogP contribution in [0.15, 0.2) is 48.5 Å². The maximum Gasteiger partial charge on any atom is 0.180 e. The lowest BCUT2D eigenvalue weighted by Crippen LogP contribution is -2.05. The van der Waals surface area contributed by atoms with Gasteiger partial charge in [0.2, 0.25) is 0 Å². The molecule has 1 aliphatic rings. The monoisotopic (exact) mass is 314 g/mol. The quantitative estimate of drug-likeness (QED) is 0.722. The molecule has 0 saturated carbocycles. The van der Waals surface area contributed by atoms with Crippen LogP contribution in [-0.4, -0.2) is 17.9 Å². The van der Waals surface area contributed by atoms with Gasteiger partial charge in [-0.05, 0) is 24.1 Å². The van der Waals surface area contributed by atoms with Crippen LogP contribution in [0.5, 0.6) is 5.75 Å². The summed E-state index contributed by atoms with van der Waals surface area (Å²) < 4.78 is 5.54. The SMILES string of the molecule is COc1cc(-c2ccccc2)nc2cc3c(cc12)CC(C#N)C3=O. The number of carbonyl (C=O) groups is 1. The molecule has 1 atom stereocenters. The predicted molar refractivity (Wildman–Crippen MR) is 90.9 cm³/mol. The second-order valence-corrected chi connectivity index (χ2v) is 5.85. The topological polar surface area (TPSA) is 63.0 Å². The fourth-order valence-corrected chi connectivity index (χ4v) is 3.22. The van der Waals surface area contributed by atoms with E-state index in [4.69, 9.17) is 15.0 Å². The number of ketones is 1. The van der Waals surface area contributed by atoms with Gasteiger partial charge >= 0.3 is 0 Å². The first-order valence-corrected chi connectivity index (χ1v) is 7.72. The van der Waals surface area contributed by atoms with Crippen molar-refractivity contribution in [3.8, 4) is 23.1 Å². The van der Waals surface area contributed by atoms with Gasteiger partial charge in [0.15, 0.2) is 5.78 Å². The van der Waals surface area contributed by atoms with Crippen LogP contribution in [0.4, 0.5) is 0 Å². The van der Waals surface area contributed by atoms with Crippen molar-refractivity contribution in [2.45, 2.75) is 6.42 Å². The van der Waals surface area contributed by atoms with E-state index in [2.05, 4.69) is 6.07 Å². The Kier molecular flexibility index (Phi) is 3.28. The number of pyridine rings is 1. The van der Waals surface area contributed by atoms with E-state index in [1.807, 2.05) is 42.5 Å². The van der Waals surface area contributed by atoms with Crippen LogP contribution in [0.1, 0.15) is 15.9 Å². The molecular weight excluding hydrogens is 300 g/mol. The van der Waals surface area contributed by atoms with E-state index in [1.165, 1.54) is 0 Å². The van der Waals surface area contributed by atoms with Crippen LogP contribution in [0.3, 0.4) is 0 Å². The number of rotatable bonds is 2. The first kappa shape index (κ1) is 14.4. The average Bonchev–Trinajstić information content (AvgIpc) is 2.95. The minimum Gasteiger partial charge on any atom is -0.496 e. The third kappa shape index (κ3) is 2.14. The number of nitrogens with zero attached hydrogens (tertiary/aromatic N) is 2. The molecule has 1 aromatic heterocycles. The summed E-state index contributed by atoms with van der Waals surface area (Å²) in [5.41, 5.74) is 3.99. The summed E-state index contributed by atoms with van der Waals surface area (Å²) in [6, 6.07) is 17.5. The van der Waals surface area contributed by atoms with Gasteiger partial charge in [-0.25, -0.2) is 4.98 Å². The highest BCUT2D eigenvalue weighted by molar-refractivity contribution is 6.07. The van der Waals surface area contributed by atoms with Gasteiger partial charge in [-0.1, -0.05) is 30.3 Å². The van der Waals surface area contributed by atoms with E-state index in [0.29, 0.717) is 17.5 Å². The molecule has 1 unspecified atom stereocenters. The first-order chi connectivity index (χ1) is 11.7. The largest absolute Gasteiger partial charge is 0.496 e. The van der Waals surface area contributed by atoms with Gasteiger partial charge in [0.25, 0.3) is 0 Å². The normalized spacial score (nSPS) is 16.0. The number of Topliss-reactive ketones (excluding diaryl/α,β-unsaturated/α-hetero) is 1. The maximum absolute atomic E-state index is 12.3. The summed E-state index contributed by atoms with van der Waals surface area (Å²) in [5.74, 6) is 0.0196. The number of hydrogen-bond donors (Lipinski definition) is 0. The molecule has 4 rings (SSSR count). The van der Waals surface area contributed by atoms with E-state index in [0.717, 1.165) is 28.0 Å². The molecule has 4 nitrogen and oxygen atoms in total. The highest BCUT2D eigenvalue weighted by Gasteiger charge is 2.31. The number of methoxy groups -OCH3 is 1. The van der Waals surface area contributed by atoms with Crippen LogP contribution in [-0.2, 0) is 6.42 Å². The molecule has 0 fully saturated rings. The molecule has 0 saturated heterocycles. The van der Waals surface area contributed by atoms with Crippen molar-refractivity contribution in [2.75, 3.05) is 7.11 Å². The zero-order valence-electron chi connectivity index (χ0n) is 13.1. The van der Waals surface area contributed by atoms with Crippen LogP contribution in [0, 0.1) is 17.2 Å². The van der Waals surface area contributed by atoms with Crippen molar-refractivity contribution >= 4 is 16.7 Å². The third-order valence-corrected chi connectivity index (χ3v) is 4.45. The standard InChI is InChI=1S/C20H14N2O2/c1-24-19-10-17(12-5-3-2-4-6-12)22-18-9-15-13(8-16(18)19)7-14(11-21)20(15)23/h2-6,8-10,14H,7H2,1H3. The Bertz CT molecular complexity index is 1000. The zero-order valence-corrected chi connectivity index (χ0v) is 13.1. The lowest BCUT2D eigenvalue weighted by atomic mass is 10.0. The molecule has 2 aromatic carbocycles. The van der Waals surface area contributed by atoms with Crippen molar-refractivity contribution in [2.24, 2.45) is 5.92 Å². The van der Waals surface area contributed by atoms with Crippen molar-refractivity contribution in [3.63, 3.8) is 0 Å². The number of aromatic nitrogens is 1. The number of ether oxygens (including phenoxy) is 1. The van der Waals surface area contributed by atoms with Gasteiger partial charge in [-0.3, -0.25) is 4.79 Å². The van der Waals surface area contributed by atoms with Crippen molar-refractivity contribution < 1.29 is 9.53 Å². The van der Waals surface area contributed by atoms with Gasteiger partial charge in [0, 0.05) is 22.6 Å². The van der Waals surface area contributed by atoms with E-state index in [-0.39, 0.29) is 5.78 Å². The Morgan fingerprint density at radius 2 is 2.00 bits per heavy atom. The highest BCUT2D eigenvalue weighted by Crippen LogP contribution is 2.35. The molecule has 0 amide bonds.